The number of ether oxygens (including phenoxy) is 2. The highest BCUT2D eigenvalue weighted by Crippen LogP contribution is 2.14. The van der Waals surface area contributed by atoms with Crippen LogP contribution >= 0.6 is 11.8 Å². The van der Waals surface area contributed by atoms with Crippen LogP contribution in [0.2, 0.25) is 0 Å². The first-order chi connectivity index (χ1) is 8.95. The van der Waals surface area contributed by atoms with Crippen molar-refractivity contribution in [1.82, 2.24) is 0 Å². The summed E-state index contributed by atoms with van der Waals surface area (Å²) >= 11 is 1.54. The van der Waals surface area contributed by atoms with Crippen LogP contribution in [0.15, 0.2) is 29.2 Å². The molecule has 0 radical (unpaired) electrons. The molecule has 0 bridgehead atoms. The van der Waals surface area contributed by atoms with Gasteiger partial charge in [-0.2, -0.15) is 0 Å². The van der Waals surface area contributed by atoms with Crippen LogP contribution in [0.25, 0.3) is 0 Å². The minimum absolute atomic E-state index is 0.0430. The van der Waals surface area contributed by atoms with E-state index in [2.05, 4.69) is 0 Å². The van der Waals surface area contributed by atoms with Gasteiger partial charge in [-0.1, -0.05) is 17.7 Å². The summed E-state index contributed by atoms with van der Waals surface area (Å²) in [5.41, 5.74) is 1.04. The van der Waals surface area contributed by atoms with E-state index < -0.39 is 15.9 Å². The van der Waals surface area contributed by atoms with Crippen molar-refractivity contribution in [3.8, 4) is 0 Å². The smallest absolute Gasteiger partial charge is 0.180 e. The molecular weight excluding hydrogens is 284 g/mol. The van der Waals surface area contributed by atoms with Crippen molar-refractivity contribution in [2.75, 3.05) is 24.7 Å². The lowest BCUT2D eigenvalue weighted by molar-refractivity contribution is -0.0625. The molecule has 0 aliphatic rings. The number of hydrogen-bond donors (Lipinski definition) is 0. The molecule has 0 saturated heterocycles. The number of aryl methyl sites for hydroxylation is 1. The van der Waals surface area contributed by atoms with Gasteiger partial charge in [-0.3, -0.25) is 0 Å². The van der Waals surface area contributed by atoms with Gasteiger partial charge in [0.15, 0.2) is 9.84 Å². The lowest BCUT2D eigenvalue weighted by Crippen LogP contribution is -2.22. The van der Waals surface area contributed by atoms with E-state index in [1.54, 1.807) is 43.0 Å². The fraction of sp³-hybridized carbons (Fsp3) is 0.538. The fourth-order valence-electron chi connectivity index (χ4n) is 1.48. The van der Waals surface area contributed by atoms with Gasteiger partial charge in [-0.05, 0) is 32.2 Å². The Balaban J connectivity index is 2.52. The molecule has 0 aromatic heterocycles. The van der Waals surface area contributed by atoms with E-state index in [1.165, 1.54) is 0 Å². The summed E-state index contributed by atoms with van der Waals surface area (Å²) in [6.07, 6.45) is 1.53. The summed E-state index contributed by atoms with van der Waals surface area (Å²) in [6, 6.07) is 6.84. The Hall–Kier alpha value is -0.560. The molecule has 0 aliphatic heterocycles. The molecule has 19 heavy (non-hydrogen) atoms. The lowest BCUT2D eigenvalue weighted by Gasteiger charge is -2.13. The first kappa shape index (κ1) is 16.5. The summed E-state index contributed by atoms with van der Waals surface area (Å²) in [5.74, 6) is 0.496. The second kappa shape index (κ2) is 7.89. The Bertz CT molecular complexity index is 468. The molecule has 1 aromatic rings. The second-order valence-corrected chi connectivity index (χ2v) is 7.15. The molecule has 0 aliphatic carbocycles. The van der Waals surface area contributed by atoms with E-state index in [4.69, 9.17) is 9.47 Å². The predicted octanol–water partition coefficient (Wildman–Crippen LogP) is 2.47. The number of thioether (sulfide) groups is 1. The zero-order valence-corrected chi connectivity index (χ0v) is 13.1. The summed E-state index contributed by atoms with van der Waals surface area (Å²) < 4.78 is 34.7. The Morgan fingerprint density at radius 3 is 2.47 bits per heavy atom. The largest absolute Gasteiger partial charge is 0.351 e. The van der Waals surface area contributed by atoms with Crippen molar-refractivity contribution >= 4 is 21.6 Å². The predicted molar refractivity (Wildman–Crippen MR) is 78.1 cm³/mol. The first-order valence-corrected chi connectivity index (χ1v) is 8.98. The van der Waals surface area contributed by atoms with Gasteiger partial charge in [-0.25, -0.2) is 8.42 Å². The summed E-state index contributed by atoms with van der Waals surface area (Å²) in [4.78, 5) is 0.332. The Morgan fingerprint density at radius 2 is 1.89 bits per heavy atom. The molecule has 1 unspecified atom stereocenters. The van der Waals surface area contributed by atoms with Crippen molar-refractivity contribution < 1.29 is 17.9 Å². The molecule has 0 saturated carbocycles. The van der Waals surface area contributed by atoms with E-state index in [9.17, 15) is 8.42 Å². The quantitative estimate of drug-likeness (QED) is 0.545. The third-order valence-electron chi connectivity index (χ3n) is 2.47. The highest BCUT2D eigenvalue weighted by atomic mass is 32.2. The van der Waals surface area contributed by atoms with Crippen LogP contribution in [-0.4, -0.2) is 39.3 Å². The van der Waals surface area contributed by atoms with E-state index in [0.717, 1.165) is 5.56 Å². The molecule has 0 heterocycles. The fourth-order valence-corrected chi connectivity index (χ4v) is 3.17. The van der Waals surface area contributed by atoms with Crippen LogP contribution in [0.4, 0.5) is 0 Å². The molecule has 0 spiro atoms. The van der Waals surface area contributed by atoms with Gasteiger partial charge in [0, 0.05) is 0 Å². The molecule has 1 atom stereocenters. The molecule has 4 nitrogen and oxygen atoms in total. The van der Waals surface area contributed by atoms with Crippen molar-refractivity contribution in [2.24, 2.45) is 0 Å². The van der Waals surface area contributed by atoms with Crippen LogP contribution in [-0.2, 0) is 19.3 Å². The van der Waals surface area contributed by atoms with Crippen LogP contribution < -0.4 is 0 Å². The zero-order chi connectivity index (χ0) is 14.3. The summed E-state index contributed by atoms with van der Waals surface area (Å²) in [7, 11) is -3.30. The van der Waals surface area contributed by atoms with E-state index in [1.807, 2.05) is 13.2 Å². The summed E-state index contributed by atoms with van der Waals surface area (Å²) in [5, 5.41) is 0. The minimum Gasteiger partial charge on any atom is -0.351 e. The van der Waals surface area contributed by atoms with E-state index in [-0.39, 0.29) is 12.5 Å². The molecule has 0 fully saturated rings. The summed E-state index contributed by atoms with van der Waals surface area (Å²) in [6.45, 7) is 3.77. The number of benzene rings is 1. The average Bonchev–Trinajstić information content (AvgIpc) is 2.34. The monoisotopic (exact) mass is 304 g/mol. The molecule has 1 rings (SSSR count). The normalized spacial score (nSPS) is 13.4. The minimum atomic E-state index is -3.30. The second-order valence-electron chi connectivity index (χ2n) is 4.30. The van der Waals surface area contributed by atoms with Crippen molar-refractivity contribution in [1.29, 1.82) is 0 Å². The van der Waals surface area contributed by atoms with Gasteiger partial charge in [0.05, 0.1) is 22.7 Å². The van der Waals surface area contributed by atoms with Gasteiger partial charge in [0.1, 0.15) is 6.79 Å². The molecule has 0 N–H and O–H groups in total. The average molecular weight is 304 g/mol. The lowest BCUT2D eigenvalue weighted by atomic mass is 10.2. The van der Waals surface area contributed by atoms with Gasteiger partial charge in [-0.15, -0.1) is 11.8 Å². The Labute approximate surface area is 119 Å². The first-order valence-electron chi connectivity index (χ1n) is 5.93. The molecule has 6 heteroatoms. The standard InChI is InChI=1S/C13H20O4S2/c1-11-4-6-13(7-5-11)19(14,15)8-12(2)17-9-16-10-18-3/h4-7,12H,8-10H2,1-3H3. The number of hydrogen-bond acceptors (Lipinski definition) is 5. The van der Waals surface area contributed by atoms with Crippen molar-refractivity contribution in [2.45, 2.75) is 24.8 Å². The maximum atomic E-state index is 12.1. The SMILES string of the molecule is CSCOCOC(C)CS(=O)(=O)c1ccc(C)cc1. The highest BCUT2D eigenvalue weighted by Gasteiger charge is 2.18. The molecular formula is C13H20O4S2. The van der Waals surface area contributed by atoms with E-state index >= 15 is 0 Å². The number of rotatable bonds is 8. The van der Waals surface area contributed by atoms with Crippen LogP contribution in [0.1, 0.15) is 12.5 Å². The third kappa shape index (κ3) is 5.95. The third-order valence-corrected chi connectivity index (χ3v) is 4.77. The van der Waals surface area contributed by atoms with Crippen LogP contribution in [0.3, 0.4) is 0 Å². The van der Waals surface area contributed by atoms with Crippen LogP contribution in [0, 0.1) is 6.92 Å². The zero-order valence-electron chi connectivity index (χ0n) is 11.5. The molecule has 1 aromatic carbocycles. The molecule has 0 amide bonds. The maximum absolute atomic E-state index is 12.1. The maximum Gasteiger partial charge on any atom is 0.180 e. The van der Waals surface area contributed by atoms with Crippen molar-refractivity contribution in [3.05, 3.63) is 29.8 Å². The highest BCUT2D eigenvalue weighted by molar-refractivity contribution is 7.98. The van der Waals surface area contributed by atoms with Gasteiger partial charge >= 0.3 is 0 Å². The van der Waals surface area contributed by atoms with Gasteiger partial charge in [0.25, 0.3) is 0 Å². The Morgan fingerprint density at radius 1 is 1.26 bits per heavy atom. The number of sulfone groups is 1. The topological polar surface area (TPSA) is 52.6 Å². The van der Waals surface area contributed by atoms with E-state index in [0.29, 0.717) is 10.8 Å². The van der Waals surface area contributed by atoms with Gasteiger partial charge < -0.3 is 9.47 Å². The molecule has 108 valence electrons. The van der Waals surface area contributed by atoms with Crippen LogP contribution in [0.5, 0.6) is 0 Å². The van der Waals surface area contributed by atoms with Crippen molar-refractivity contribution in [3.63, 3.8) is 0 Å². The Kier molecular flexibility index (Phi) is 6.85. The van der Waals surface area contributed by atoms with Gasteiger partial charge in [0.2, 0.25) is 0 Å².